The van der Waals surface area contributed by atoms with E-state index in [-0.39, 0.29) is 0 Å². The zero-order chi connectivity index (χ0) is 13.9. The van der Waals surface area contributed by atoms with E-state index in [1.807, 2.05) is 0 Å². The largest absolute Gasteiger partial charge is 0.312 e. The molecule has 1 saturated carbocycles. The van der Waals surface area contributed by atoms with Gasteiger partial charge in [0.15, 0.2) is 0 Å². The lowest BCUT2D eigenvalue weighted by molar-refractivity contribution is 0.225. The number of nitrogens with zero attached hydrogens (tertiary/aromatic N) is 1. The predicted octanol–water partition coefficient (Wildman–Crippen LogP) is 3.77. The highest BCUT2D eigenvalue weighted by atomic mass is 79.9. The first-order chi connectivity index (χ1) is 9.78. The van der Waals surface area contributed by atoms with Gasteiger partial charge in [-0.25, -0.2) is 0 Å². The van der Waals surface area contributed by atoms with Gasteiger partial charge in [-0.05, 0) is 56.3 Å². The van der Waals surface area contributed by atoms with Crippen molar-refractivity contribution in [1.82, 2.24) is 10.2 Å². The van der Waals surface area contributed by atoms with Crippen molar-refractivity contribution < 1.29 is 0 Å². The van der Waals surface area contributed by atoms with E-state index in [2.05, 4.69) is 57.3 Å². The Morgan fingerprint density at radius 1 is 1.30 bits per heavy atom. The van der Waals surface area contributed by atoms with Gasteiger partial charge in [-0.1, -0.05) is 41.1 Å². The molecule has 0 radical (unpaired) electrons. The Balaban J connectivity index is 1.44. The fourth-order valence-electron chi connectivity index (χ4n) is 3.69. The van der Waals surface area contributed by atoms with E-state index in [0.717, 1.165) is 18.0 Å². The molecule has 0 aromatic heterocycles. The van der Waals surface area contributed by atoms with Gasteiger partial charge in [0.05, 0.1) is 0 Å². The highest BCUT2D eigenvalue weighted by molar-refractivity contribution is 9.10. The third kappa shape index (κ3) is 3.10. The Morgan fingerprint density at radius 3 is 2.85 bits per heavy atom. The van der Waals surface area contributed by atoms with Crippen LogP contribution < -0.4 is 5.32 Å². The van der Waals surface area contributed by atoms with Crippen LogP contribution in [0.15, 0.2) is 28.7 Å². The summed E-state index contributed by atoms with van der Waals surface area (Å²) in [4.78, 5) is 2.62. The number of halogens is 1. The van der Waals surface area contributed by atoms with Gasteiger partial charge >= 0.3 is 0 Å². The number of benzene rings is 1. The molecule has 2 nitrogen and oxygen atoms in total. The van der Waals surface area contributed by atoms with E-state index in [4.69, 9.17) is 0 Å². The number of hydrogen-bond donors (Lipinski definition) is 1. The summed E-state index contributed by atoms with van der Waals surface area (Å²) in [5, 5.41) is 3.79. The molecule has 1 unspecified atom stereocenters. The second-order valence-electron chi connectivity index (χ2n) is 6.22. The van der Waals surface area contributed by atoms with Crippen LogP contribution in [0.1, 0.15) is 44.1 Å². The topological polar surface area (TPSA) is 15.3 Å². The van der Waals surface area contributed by atoms with Gasteiger partial charge in [0.25, 0.3) is 0 Å². The van der Waals surface area contributed by atoms with Crippen molar-refractivity contribution in [2.45, 2.75) is 50.6 Å². The lowest BCUT2D eigenvalue weighted by Gasteiger charge is -2.38. The van der Waals surface area contributed by atoms with Gasteiger partial charge in [-0.3, -0.25) is 4.90 Å². The highest BCUT2D eigenvalue weighted by Gasteiger charge is 2.32. The van der Waals surface area contributed by atoms with Crippen LogP contribution >= 0.6 is 15.9 Å². The second kappa shape index (κ2) is 6.59. The summed E-state index contributed by atoms with van der Waals surface area (Å²) in [5.74, 6) is 0.744. The first kappa shape index (κ1) is 14.6. The maximum absolute atomic E-state index is 3.79. The molecule has 1 heterocycles. The molecule has 110 valence electrons. The van der Waals surface area contributed by atoms with Gasteiger partial charge in [0.2, 0.25) is 0 Å². The summed E-state index contributed by atoms with van der Waals surface area (Å²) in [7, 11) is 0. The third-order valence-electron chi connectivity index (χ3n) is 5.03. The molecule has 1 atom stereocenters. The summed E-state index contributed by atoms with van der Waals surface area (Å²) in [6, 6.07) is 10.2. The summed E-state index contributed by atoms with van der Waals surface area (Å²) < 4.78 is 1.27. The fraction of sp³-hybridized carbons (Fsp3) is 0.647. The van der Waals surface area contributed by atoms with Crippen LogP contribution in [-0.4, -0.2) is 36.6 Å². The number of nitrogens with one attached hydrogen (secondary N) is 1. The summed E-state index contributed by atoms with van der Waals surface area (Å²) in [6.45, 7) is 5.97. The number of likely N-dealkylation sites (N-methyl/N-ethyl adjacent to an activating group) is 1. The van der Waals surface area contributed by atoms with Crippen LogP contribution in [0, 0.1) is 0 Å². The normalized spacial score (nSPS) is 30.4. The molecule has 3 rings (SSSR count). The summed E-state index contributed by atoms with van der Waals surface area (Å²) >= 11 is 3.67. The molecule has 1 aromatic rings. The molecule has 3 heteroatoms. The molecular formula is C17H25BrN2. The van der Waals surface area contributed by atoms with Crippen LogP contribution in [0.25, 0.3) is 0 Å². The number of likely N-dealkylation sites (tertiary alicyclic amines) is 1. The maximum Gasteiger partial charge on any atom is 0.0221 e. The minimum absolute atomic E-state index is 0.728. The number of rotatable bonds is 5. The molecule has 0 bridgehead atoms. The lowest BCUT2D eigenvalue weighted by Crippen LogP contribution is -2.46. The standard InChI is InChI=1S/C17H25BrN2/c1-2-20-9-5-6-15(20)12-19-14-10-13(11-14)16-7-3-4-8-17(16)18/h3-4,7-8,13-15,19H,2,5-6,9-12H2,1H3. The minimum Gasteiger partial charge on any atom is -0.312 e. The van der Waals surface area contributed by atoms with E-state index < -0.39 is 0 Å². The monoisotopic (exact) mass is 336 g/mol. The van der Waals surface area contributed by atoms with Crippen molar-refractivity contribution >= 4 is 15.9 Å². The molecule has 1 N–H and O–H groups in total. The Labute approximate surface area is 131 Å². The molecule has 2 fully saturated rings. The zero-order valence-corrected chi connectivity index (χ0v) is 13.9. The van der Waals surface area contributed by atoms with E-state index in [0.29, 0.717) is 0 Å². The van der Waals surface area contributed by atoms with Gasteiger partial charge in [-0.2, -0.15) is 0 Å². The molecular weight excluding hydrogens is 312 g/mol. The molecule has 0 amide bonds. The van der Waals surface area contributed by atoms with Crippen molar-refractivity contribution in [3.05, 3.63) is 34.3 Å². The van der Waals surface area contributed by atoms with Crippen LogP contribution in [0.4, 0.5) is 0 Å². The molecule has 20 heavy (non-hydrogen) atoms. The van der Waals surface area contributed by atoms with Gasteiger partial charge in [0.1, 0.15) is 0 Å². The van der Waals surface area contributed by atoms with Crippen LogP contribution in [0.5, 0.6) is 0 Å². The first-order valence-electron chi connectivity index (χ1n) is 7.99. The number of hydrogen-bond acceptors (Lipinski definition) is 2. The van der Waals surface area contributed by atoms with Gasteiger partial charge in [-0.15, -0.1) is 0 Å². The quantitative estimate of drug-likeness (QED) is 0.880. The zero-order valence-electron chi connectivity index (χ0n) is 12.3. The van der Waals surface area contributed by atoms with Crippen molar-refractivity contribution in [3.8, 4) is 0 Å². The molecule has 1 aliphatic heterocycles. The Kier molecular flexibility index (Phi) is 4.79. The molecule has 1 saturated heterocycles. The Bertz CT molecular complexity index is 442. The van der Waals surface area contributed by atoms with Crippen LogP contribution in [0.2, 0.25) is 0 Å². The van der Waals surface area contributed by atoms with Crippen LogP contribution in [-0.2, 0) is 0 Å². The average Bonchev–Trinajstić information content (AvgIpc) is 2.86. The summed E-state index contributed by atoms with van der Waals surface area (Å²) in [6.07, 6.45) is 5.34. The minimum atomic E-state index is 0.728. The van der Waals surface area contributed by atoms with E-state index in [1.54, 1.807) is 0 Å². The molecule has 2 aliphatic rings. The maximum atomic E-state index is 3.79. The summed E-state index contributed by atoms with van der Waals surface area (Å²) in [5.41, 5.74) is 1.49. The van der Waals surface area contributed by atoms with Crippen molar-refractivity contribution in [2.75, 3.05) is 19.6 Å². The van der Waals surface area contributed by atoms with Gasteiger partial charge < -0.3 is 5.32 Å². The second-order valence-corrected chi connectivity index (χ2v) is 7.07. The van der Waals surface area contributed by atoms with E-state index >= 15 is 0 Å². The van der Waals surface area contributed by atoms with Gasteiger partial charge in [0, 0.05) is 23.1 Å². The van der Waals surface area contributed by atoms with Crippen molar-refractivity contribution in [2.24, 2.45) is 0 Å². The van der Waals surface area contributed by atoms with E-state index in [9.17, 15) is 0 Å². The van der Waals surface area contributed by atoms with Crippen molar-refractivity contribution in [1.29, 1.82) is 0 Å². The third-order valence-corrected chi connectivity index (χ3v) is 5.75. The Morgan fingerprint density at radius 2 is 2.10 bits per heavy atom. The molecule has 1 aromatic carbocycles. The molecule has 0 spiro atoms. The highest BCUT2D eigenvalue weighted by Crippen LogP contribution is 2.40. The SMILES string of the molecule is CCN1CCCC1CNC1CC(c2ccccc2Br)C1. The average molecular weight is 337 g/mol. The van der Waals surface area contributed by atoms with Crippen molar-refractivity contribution in [3.63, 3.8) is 0 Å². The van der Waals surface area contributed by atoms with E-state index in [1.165, 1.54) is 55.4 Å². The van der Waals surface area contributed by atoms with Crippen LogP contribution in [0.3, 0.4) is 0 Å². The lowest BCUT2D eigenvalue weighted by atomic mass is 9.76. The fourth-order valence-corrected chi connectivity index (χ4v) is 4.30. The smallest absolute Gasteiger partial charge is 0.0221 e. The molecule has 1 aliphatic carbocycles. The first-order valence-corrected chi connectivity index (χ1v) is 8.79. The predicted molar refractivity (Wildman–Crippen MR) is 88.2 cm³/mol. The Hall–Kier alpha value is -0.380.